The summed E-state index contributed by atoms with van der Waals surface area (Å²) in [6, 6.07) is 23.6. The first-order valence-corrected chi connectivity index (χ1v) is 8.06. The molecular formula is C21H19BO. The van der Waals surface area contributed by atoms with Gasteiger partial charge in [0.2, 0.25) is 0 Å². The van der Waals surface area contributed by atoms with Gasteiger partial charge >= 0.3 is 7.48 Å². The average Bonchev–Trinajstić information content (AvgIpc) is 2.83. The van der Waals surface area contributed by atoms with Crippen molar-refractivity contribution >= 4 is 12.9 Å². The Labute approximate surface area is 137 Å². The van der Waals surface area contributed by atoms with E-state index in [1.165, 1.54) is 33.4 Å². The lowest BCUT2D eigenvalue weighted by Crippen LogP contribution is -2.15. The second-order valence-electron chi connectivity index (χ2n) is 6.79. The maximum absolute atomic E-state index is 9.19. The molecule has 112 valence electrons. The van der Waals surface area contributed by atoms with E-state index < -0.39 is 0 Å². The van der Waals surface area contributed by atoms with Gasteiger partial charge in [-0.15, -0.1) is 0 Å². The third-order valence-electron chi connectivity index (χ3n) is 5.05. The van der Waals surface area contributed by atoms with Crippen LogP contribution in [-0.2, 0) is 5.41 Å². The van der Waals surface area contributed by atoms with Gasteiger partial charge in [0, 0.05) is 5.41 Å². The first-order valence-electron chi connectivity index (χ1n) is 8.06. The van der Waals surface area contributed by atoms with Gasteiger partial charge in [0.25, 0.3) is 0 Å². The van der Waals surface area contributed by atoms with Crippen LogP contribution in [0.3, 0.4) is 0 Å². The quantitative estimate of drug-likeness (QED) is 0.716. The molecule has 0 saturated carbocycles. The Balaban J connectivity index is 1.85. The van der Waals surface area contributed by atoms with Gasteiger partial charge in [-0.1, -0.05) is 80.0 Å². The molecule has 0 amide bonds. The second-order valence-corrected chi connectivity index (χ2v) is 6.79. The molecule has 1 nitrogen and oxygen atoms in total. The molecule has 3 aromatic carbocycles. The molecule has 1 aliphatic rings. The van der Waals surface area contributed by atoms with E-state index in [0.29, 0.717) is 0 Å². The van der Waals surface area contributed by atoms with Crippen molar-refractivity contribution in [2.45, 2.75) is 19.3 Å². The summed E-state index contributed by atoms with van der Waals surface area (Å²) < 4.78 is 0. The predicted octanol–water partition coefficient (Wildman–Crippen LogP) is 3.63. The van der Waals surface area contributed by atoms with E-state index in [2.05, 4.69) is 68.4 Å². The molecule has 0 unspecified atom stereocenters. The first-order chi connectivity index (χ1) is 11.1. The minimum Gasteiger partial charge on any atom is -0.449 e. The maximum Gasteiger partial charge on any atom is 0.304 e. The second kappa shape index (κ2) is 5.11. The normalized spacial score (nSPS) is 14.2. The highest BCUT2D eigenvalue weighted by molar-refractivity contribution is 6.45. The Kier molecular flexibility index (Phi) is 3.17. The fraction of sp³-hybridized carbons (Fsp3) is 0.143. The largest absolute Gasteiger partial charge is 0.449 e. The molecule has 0 spiro atoms. The minimum atomic E-state index is 0.0347. The molecule has 1 aliphatic carbocycles. The van der Waals surface area contributed by atoms with Crippen LogP contribution in [0.15, 0.2) is 66.7 Å². The Morgan fingerprint density at radius 1 is 0.739 bits per heavy atom. The van der Waals surface area contributed by atoms with Crippen molar-refractivity contribution in [3.63, 3.8) is 0 Å². The van der Waals surface area contributed by atoms with Gasteiger partial charge in [-0.3, -0.25) is 0 Å². The summed E-state index contributed by atoms with van der Waals surface area (Å²) in [5.74, 6) is 0. The lowest BCUT2D eigenvalue weighted by Gasteiger charge is -2.22. The fourth-order valence-electron chi connectivity index (χ4n) is 3.69. The maximum atomic E-state index is 9.19. The highest BCUT2D eigenvalue weighted by Gasteiger charge is 2.35. The molecule has 4 rings (SSSR count). The van der Waals surface area contributed by atoms with Gasteiger partial charge in [-0.05, 0) is 39.4 Å². The summed E-state index contributed by atoms with van der Waals surface area (Å²) in [5.41, 5.74) is 8.90. The van der Waals surface area contributed by atoms with Gasteiger partial charge in [0.1, 0.15) is 0 Å². The fourth-order valence-corrected chi connectivity index (χ4v) is 3.69. The number of hydrogen-bond donors (Lipinski definition) is 1. The molecule has 0 aliphatic heterocycles. The van der Waals surface area contributed by atoms with Crippen LogP contribution < -0.4 is 5.46 Å². The third kappa shape index (κ3) is 2.14. The smallest absolute Gasteiger partial charge is 0.304 e. The number of hydrogen-bond acceptors (Lipinski definition) is 1. The lowest BCUT2D eigenvalue weighted by molar-refractivity contribution is 0.615. The van der Waals surface area contributed by atoms with Crippen LogP contribution in [0.5, 0.6) is 0 Å². The SMILES string of the molecule is CC1(C)c2ccccc2-c2ccc(-c3ccc(BO)cc3)cc21. The molecule has 0 heterocycles. The topological polar surface area (TPSA) is 20.2 Å². The zero-order chi connectivity index (χ0) is 16.0. The van der Waals surface area contributed by atoms with Gasteiger partial charge in [-0.2, -0.15) is 0 Å². The molecular weight excluding hydrogens is 279 g/mol. The van der Waals surface area contributed by atoms with Crippen molar-refractivity contribution in [3.8, 4) is 22.3 Å². The first kappa shape index (κ1) is 14.3. The van der Waals surface area contributed by atoms with E-state index in [-0.39, 0.29) is 12.9 Å². The number of fused-ring (bicyclic) bond motifs is 3. The molecule has 0 bridgehead atoms. The van der Waals surface area contributed by atoms with Gasteiger partial charge in [-0.25, -0.2) is 0 Å². The van der Waals surface area contributed by atoms with Crippen molar-refractivity contribution in [3.05, 3.63) is 77.9 Å². The summed E-state index contributed by atoms with van der Waals surface area (Å²) in [4.78, 5) is 0. The van der Waals surface area contributed by atoms with Crippen molar-refractivity contribution < 1.29 is 5.02 Å². The molecule has 0 fully saturated rings. The minimum absolute atomic E-state index is 0.0347. The number of benzene rings is 3. The summed E-state index contributed by atoms with van der Waals surface area (Å²) in [7, 11) is 0.0901. The Bertz CT molecular complexity index is 879. The monoisotopic (exact) mass is 298 g/mol. The molecule has 0 aromatic heterocycles. The Morgan fingerprint density at radius 2 is 1.39 bits per heavy atom. The lowest BCUT2D eigenvalue weighted by atomic mass is 9.81. The van der Waals surface area contributed by atoms with Crippen LogP contribution in [0.2, 0.25) is 0 Å². The molecule has 23 heavy (non-hydrogen) atoms. The molecule has 0 saturated heterocycles. The zero-order valence-corrected chi connectivity index (χ0v) is 13.5. The van der Waals surface area contributed by atoms with Crippen molar-refractivity contribution in [2.75, 3.05) is 0 Å². The highest BCUT2D eigenvalue weighted by Crippen LogP contribution is 2.49. The summed E-state index contributed by atoms with van der Waals surface area (Å²) in [5, 5.41) is 9.19. The third-order valence-corrected chi connectivity index (χ3v) is 5.05. The van der Waals surface area contributed by atoms with E-state index in [0.717, 1.165) is 5.46 Å². The van der Waals surface area contributed by atoms with Crippen LogP contribution in [0, 0.1) is 0 Å². The number of rotatable bonds is 2. The zero-order valence-electron chi connectivity index (χ0n) is 13.5. The van der Waals surface area contributed by atoms with Crippen LogP contribution in [-0.4, -0.2) is 12.5 Å². The molecule has 0 atom stereocenters. The van der Waals surface area contributed by atoms with Crippen molar-refractivity contribution in [2.24, 2.45) is 0 Å². The van der Waals surface area contributed by atoms with Crippen molar-refractivity contribution in [1.29, 1.82) is 0 Å². The Morgan fingerprint density at radius 3 is 2.13 bits per heavy atom. The standard InChI is InChI=1S/C21H19BO/c1-21(2)19-6-4-3-5-17(19)18-12-9-15(13-20(18)21)14-7-10-16(22-23)11-8-14/h3-13,22-23H,1-2H3. The average molecular weight is 298 g/mol. The molecule has 0 radical (unpaired) electrons. The van der Waals surface area contributed by atoms with Gasteiger partial charge in [0.05, 0.1) is 0 Å². The highest BCUT2D eigenvalue weighted by atomic mass is 16.2. The van der Waals surface area contributed by atoms with E-state index >= 15 is 0 Å². The molecule has 2 heteroatoms. The summed E-state index contributed by atoms with van der Waals surface area (Å²) >= 11 is 0. The van der Waals surface area contributed by atoms with Gasteiger partial charge in [0.15, 0.2) is 0 Å². The van der Waals surface area contributed by atoms with Crippen LogP contribution in [0.4, 0.5) is 0 Å². The van der Waals surface area contributed by atoms with E-state index in [9.17, 15) is 5.02 Å². The Hall–Kier alpha value is -2.32. The predicted molar refractivity (Wildman–Crippen MR) is 98.4 cm³/mol. The molecule has 1 N–H and O–H groups in total. The van der Waals surface area contributed by atoms with Gasteiger partial charge < -0.3 is 5.02 Å². The summed E-state index contributed by atoms with van der Waals surface area (Å²) in [6.45, 7) is 4.60. The summed E-state index contributed by atoms with van der Waals surface area (Å²) in [6.07, 6.45) is 0. The van der Waals surface area contributed by atoms with Crippen LogP contribution in [0.25, 0.3) is 22.3 Å². The van der Waals surface area contributed by atoms with Crippen molar-refractivity contribution in [1.82, 2.24) is 0 Å². The van der Waals surface area contributed by atoms with Crippen LogP contribution >= 0.6 is 0 Å². The van der Waals surface area contributed by atoms with Crippen LogP contribution in [0.1, 0.15) is 25.0 Å². The van der Waals surface area contributed by atoms with E-state index in [4.69, 9.17) is 0 Å². The van der Waals surface area contributed by atoms with E-state index in [1.54, 1.807) is 0 Å². The molecule has 3 aromatic rings. The van der Waals surface area contributed by atoms with E-state index in [1.807, 2.05) is 12.1 Å².